The van der Waals surface area contributed by atoms with Crippen LogP contribution in [0.4, 0.5) is 14.5 Å². The fraction of sp³-hybridized carbons (Fsp3) is 0.0667. The number of benzene rings is 2. The van der Waals surface area contributed by atoms with E-state index in [2.05, 4.69) is 10.1 Å². The molecule has 0 saturated heterocycles. The molecule has 0 radical (unpaired) electrons. The van der Waals surface area contributed by atoms with Crippen LogP contribution in [-0.2, 0) is 6.61 Å². The van der Waals surface area contributed by atoms with Gasteiger partial charge in [0.1, 0.15) is 22.9 Å². The third-order valence-corrected chi connectivity index (χ3v) is 3.06. The van der Waals surface area contributed by atoms with Crippen molar-refractivity contribution in [2.24, 2.45) is 0 Å². The van der Waals surface area contributed by atoms with Crippen molar-refractivity contribution < 1.29 is 23.0 Å². The summed E-state index contributed by atoms with van der Waals surface area (Å²) < 4.78 is 37.5. The smallest absolute Gasteiger partial charge is 0.269 e. The number of ether oxygens (including phenoxy) is 1. The van der Waals surface area contributed by atoms with Gasteiger partial charge in [0.15, 0.2) is 6.61 Å². The van der Waals surface area contributed by atoms with Gasteiger partial charge in [0.2, 0.25) is 5.82 Å². The Morgan fingerprint density at radius 3 is 2.42 bits per heavy atom. The van der Waals surface area contributed by atoms with E-state index in [1.807, 2.05) is 0 Å². The summed E-state index contributed by atoms with van der Waals surface area (Å²) in [6.45, 7) is -0.128. The Bertz CT molecular complexity index is 860. The van der Waals surface area contributed by atoms with E-state index in [1.165, 1.54) is 30.3 Å². The molecular formula is C15H9F2N3O4. The maximum atomic E-state index is 13.6. The zero-order valence-electron chi connectivity index (χ0n) is 12.0. The van der Waals surface area contributed by atoms with Gasteiger partial charge in [0.25, 0.3) is 11.6 Å². The molecule has 0 atom stereocenters. The topological polar surface area (TPSA) is 91.3 Å². The molecule has 7 nitrogen and oxygen atoms in total. The molecule has 1 heterocycles. The van der Waals surface area contributed by atoms with E-state index in [4.69, 9.17) is 9.26 Å². The summed E-state index contributed by atoms with van der Waals surface area (Å²) in [6, 6.07) is 8.78. The Morgan fingerprint density at radius 2 is 1.79 bits per heavy atom. The van der Waals surface area contributed by atoms with Crippen LogP contribution in [-0.4, -0.2) is 15.1 Å². The van der Waals surface area contributed by atoms with Gasteiger partial charge in [-0.2, -0.15) is 4.98 Å². The molecular weight excluding hydrogens is 324 g/mol. The minimum Gasteiger partial charge on any atom is -0.485 e. The van der Waals surface area contributed by atoms with E-state index in [-0.39, 0.29) is 24.0 Å². The number of nitro benzene ring substituents is 1. The number of nitro groups is 1. The first-order chi connectivity index (χ1) is 11.5. The summed E-state index contributed by atoms with van der Waals surface area (Å²) >= 11 is 0. The third-order valence-electron chi connectivity index (χ3n) is 3.06. The highest BCUT2D eigenvalue weighted by atomic mass is 19.1. The molecule has 0 amide bonds. The predicted octanol–water partition coefficient (Wildman–Crippen LogP) is 3.50. The molecule has 24 heavy (non-hydrogen) atoms. The second-order valence-electron chi connectivity index (χ2n) is 4.65. The average molecular weight is 333 g/mol. The maximum Gasteiger partial charge on any atom is 0.269 e. The molecule has 3 rings (SSSR count). The molecule has 122 valence electrons. The van der Waals surface area contributed by atoms with E-state index in [0.29, 0.717) is 5.75 Å². The van der Waals surface area contributed by atoms with E-state index in [0.717, 1.165) is 12.1 Å². The minimum absolute atomic E-state index is 0.0702. The molecule has 0 aliphatic rings. The molecule has 1 aromatic heterocycles. The van der Waals surface area contributed by atoms with Crippen molar-refractivity contribution in [3.05, 3.63) is 70.0 Å². The van der Waals surface area contributed by atoms with Crippen molar-refractivity contribution in [2.45, 2.75) is 6.61 Å². The summed E-state index contributed by atoms with van der Waals surface area (Å²) in [5, 5.41) is 14.1. The van der Waals surface area contributed by atoms with Gasteiger partial charge in [0, 0.05) is 12.1 Å². The van der Waals surface area contributed by atoms with E-state index >= 15 is 0 Å². The second-order valence-corrected chi connectivity index (χ2v) is 4.65. The lowest BCUT2D eigenvalue weighted by Gasteiger charge is -2.02. The number of nitrogens with zero attached hydrogens (tertiary/aromatic N) is 3. The predicted molar refractivity (Wildman–Crippen MR) is 77.1 cm³/mol. The monoisotopic (exact) mass is 333 g/mol. The number of hydrogen-bond donors (Lipinski definition) is 0. The van der Waals surface area contributed by atoms with Crippen molar-refractivity contribution >= 4 is 5.69 Å². The maximum absolute atomic E-state index is 13.6. The fourth-order valence-electron chi connectivity index (χ4n) is 1.93. The van der Waals surface area contributed by atoms with Crippen molar-refractivity contribution in [3.8, 4) is 17.2 Å². The van der Waals surface area contributed by atoms with E-state index in [9.17, 15) is 18.9 Å². The van der Waals surface area contributed by atoms with Crippen molar-refractivity contribution in [3.63, 3.8) is 0 Å². The standard InChI is InChI=1S/C15H9F2N3O4/c16-11-2-1-3-12(17)14(11)15-18-13(19-24-15)8-23-10-6-4-9(5-7-10)20(21)22/h1-7H,8H2. The van der Waals surface area contributed by atoms with Crippen LogP contribution < -0.4 is 4.74 Å². The molecule has 3 aromatic rings. The van der Waals surface area contributed by atoms with Crippen LogP contribution in [0.5, 0.6) is 5.75 Å². The third kappa shape index (κ3) is 3.19. The number of non-ortho nitro benzene ring substituents is 1. The first kappa shape index (κ1) is 15.5. The van der Waals surface area contributed by atoms with Crippen molar-refractivity contribution in [2.75, 3.05) is 0 Å². The van der Waals surface area contributed by atoms with Gasteiger partial charge in [-0.1, -0.05) is 11.2 Å². The SMILES string of the molecule is O=[N+]([O-])c1ccc(OCc2noc(-c3c(F)cccc3F)n2)cc1. The lowest BCUT2D eigenvalue weighted by Crippen LogP contribution is -1.98. The van der Waals surface area contributed by atoms with Gasteiger partial charge in [-0.25, -0.2) is 8.78 Å². The molecule has 0 fully saturated rings. The van der Waals surface area contributed by atoms with Gasteiger partial charge in [-0.15, -0.1) is 0 Å². The van der Waals surface area contributed by atoms with E-state index in [1.54, 1.807) is 0 Å². The van der Waals surface area contributed by atoms with Crippen LogP contribution in [0.15, 0.2) is 47.0 Å². The first-order valence-electron chi connectivity index (χ1n) is 6.69. The van der Waals surface area contributed by atoms with Gasteiger partial charge < -0.3 is 9.26 Å². The second kappa shape index (κ2) is 6.41. The van der Waals surface area contributed by atoms with Gasteiger partial charge >= 0.3 is 0 Å². The molecule has 0 unspecified atom stereocenters. The summed E-state index contributed by atoms with van der Waals surface area (Å²) in [5.74, 6) is -1.51. The largest absolute Gasteiger partial charge is 0.485 e. The van der Waals surface area contributed by atoms with Crippen LogP contribution in [0, 0.1) is 21.7 Å². The highest BCUT2D eigenvalue weighted by Gasteiger charge is 2.18. The zero-order valence-corrected chi connectivity index (χ0v) is 12.0. The number of hydrogen-bond acceptors (Lipinski definition) is 6. The Labute approximate surface area is 133 Å². The average Bonchev–Trinajstić information content (AvgIpc) is 3.02. The highest BCUT2D eigenvalue weighted by molar-refractivity contribution is 5.54. The van der Waals surface area contributed by atoms with Gasteiger partial charge in [-0.3, -0.25) is 10.1 Å². The van der Waals surface area contributed by atoms with Gasteiger partial charge in [0.05, 0.1) is 4.92 Å². The molecule has 0 N–H and O–H groups in total. The lowest BCUT2D eigenvalue weighted by atomic mass is 10.2. The van der Waals surface area contributed by atoms with Crippen molar-refractivity contribution in [1.82, 2.24) is 10.1 Å². The zero-order chi connectivity index (χ0) is 17.1. The van der Waals surface area contributed by atoms with E-state index < -0.39 is 22.1 Å². The molecule has 2 aromatic carbocycles. The number of rotatable bonds is 5. The summed E-state index contributed by atoms with van der Waals surface area (Å²) in [5.41, 5.74) is -0.481. The molecule has 0 spiro atoms. The van der Waals surface area contributed by atoms with Crippen LogP contribution in [0.3, 0.4) is 0 Å². The van der Waals surface area contributed by atoms with Crippen molar-refractivity contribution in [1.29, 1.82) is 0 Å². The molecule has 9 heteroatoms. The first-order valence-corrected chi connectivity index (χ1v) is 6.69. The quantitative estimate of drug-likeness (QED) is 0.524. The Morgan fingerprint density at radius 1 is 1.12 bits per heavy atom. The van der Waals surface area contributed by atoms with Crippen LogP contribution in [0.2, 0.25) is 0 Å². The summed E-state index contributed by atoms with van der Waals surface area (Å²) in [6.07, 6.45) is 0. The van der Waals surface area contributed by atoms with Crippen LogP contribution >= 0.6 is 0 Å². The molecule has 0 saturated carbocycles. The van der Waals surface area contributed by atoms with Gasteiger partial charge in [-0.05, 0) is 24.3 Å². The Balaban J connectivity index is 1.71. The lowest BCUT2D eigenvalue weighted by molar-refractivity contribution is -0.384. The Hall–Kier alpha value is -3.36. The number of halogens is 2. The summed E-state index contributed by atoms with van der Waals surface area (Å²) in [4.78, 5) is 13.9. The van der Waals surface area contributed by atoms with Crippen LogP contribution in [0.1, 0.15) is 5.82 Å². The summed E-state index contributed by atoms with van der Waals surface area (Å²) in [7, 11) is 0. The minimum atomic E-state index is -0.818. The molecule has 0 aliphatic heterocycles. The fourth-order valence-corrected chi connectivity index (χ4v) is 1.93. The molecule has 0 aliphatic carbocycles. The Kier molecular flexibility index (Phi) is 4.15. The highest BCUT2D eigenvalue weighted by Crippen LogP contribution is 2.24. The molecule has 0 bridgehead atoms. The number of aromatic nitrogens is 2. The van der Waals surface area contributed by atoms with Crippen LogP contribution in [0.25, 0.3) is 11.5 Å². The normalized spacial score (nSPS) is 10.6.